The molecular formula is C12H10N4S2. The van der Waals surface area contributed by atoms with Crippen molar-refractivity contribution >= 4 is 34.0 Å². The lowest BCUT2D eigenvalue weighted by molar-refractivity contribution is 0.999. The lowest BCUT2D eigenvalue weighted by atomic mass is 10.1. The van der Waals surface area contributed by atoms with E-state index in [1.165, 1.54) is 11.3 Å². The van der Waals surface area contributed by atoms with Crippen molar-refractivity contribution in [2.45, 2.75) is 15.8 Å². The Morgan fingerprint density at radius 3 is 2.94 bits per heavy atom. The van der Waals surface area contributed by atoms with Gasteiger partial charge in [-0.15, -0.1) is 10.2 Å². The summed E-state index contributed by atoms with van der Waals surface area (Å²) in [7, 11) is 0. The number of pyridine rings is 1. The minimum Gasteiger partial charge on any atom is -0.326 e. The number of nitrogens with two attached hydrogens (primary N) is 1. The minimum atomic E-state index is 0.471. The summed E-state index contributed by atoms with van der Waals surface area (Å²) in [5.41, 5.74) is 9.52. The van der Waals surface area contributed by atoms with Gasteiger partial charge in [-0.05, 0) is 11.6 Å². The molecule has 90 valence electrons. The fourth-order valence-corrected chi connectivity index (χ4v) is 3.38. The van der Waals surface area contributed by atoms with E-state index in [-0.39, 0.29) is 0 Å². The van der Waals surface area contributed by atoms with Crippen molar-refractivity contribution in [2.24, 2.45) is 5.73 Å². The van der Waals surface area contributed by atoms with E-state index in [1.807, 2.05) is 24.4 Å². The van der Waals surface area contributed by atoms with E-state index in [4.69, 9.17) is 5.73 Å². The smallest absolute Gasteiger partial charge is 0.178 e. The Labute approximate surface area is 112 Å². The van der Waals surface area contributed by atoms with Gasteiger partial charge in [-0.3, -0.25) is 4.98 Å². The van der Waals surface area contributed by atoms with Crippen LogP contribution in [-0.2, 0) is 6.54 Å². The molecule has 0 atom stereocenters. The molecule has 2 heterocycles. The van der Waals surface area contributed by atoms with E-state index in [0.717, 1.165) is 25.7 Å². The van der Waals surface area contributed by atoms with Gasteiger partial charge in [0.2, 0.25) is 0 Å². The standard InChI is InChI=1S/C12H10N4S2/c13-5-8-6-14-10-4-2-1-3-9(10)11(8)18-12-16-15-7-17-12/h1-4,6-7H,5,13H2. The van der Waals surface area contributed by atoms with Crippen molar-refractivity contribution in [3.05, 3.63) is 41.5 Å². The summed E-state index contributed by atoms with van der Waals surface area (Å²) < 4.78 is 0.918. The van der Waals surface area contributed by atoms with Crippen LogP contribution in [-0.4, -0.2) is 15.2 Å². The summed E-state index contributed by atoms with van der Waals surface area (Å²) in [6.07, 6.45) is 1.84. The van der Waals surface area contributed by atoms with E-state index >= 15 is 0 Å². The molecule has 0 aliphatic heterocycles. The second-order valence-corrected chi connectivity index (χ2v) is 5.73. The molecule has 18 heavy (non-hydrogen) atoms. The first-order valence-electron chi connectivity index (χ1n) is 5.39. The molecule has 3 aromatic rings. The van der Waals surface area contributed by atoms with Crippen LogP contribution < -0.4 is 5.73 Å². The van der Waals surface area contributed by atoms with Crippen molar-refractivity contribution < 1.29 is 0 Å². The fourth-order valence-electron chi connectivity index (χ4n) is 1.72. The fraction of sp³-hybridized carbons (Fsp3) is 0.0833. The van der Waals surface area contributed by atoms with Crippen molar-refractivity contribution in [2.75, 3.05) is 0 Å². The molecule has 1 aromatic carbocycles. The molecule has 2 aromatic heterocycles. The number of rotatable bonds is 3. The zero-order valence-electron chi connectivity index (χ0n) is 9.41. The zero-order valence-corrected chi connectivity index (χ0v) is 11.0. The number of benzene rings is 1. The molecule has 0 aliphatic rings. The quantitative estimate of drug-likeness (QED) is 0.795. The highest BCUT2D eigenvalue weighted by molar-refractivity contribution is 8.01. The first kappa shape index (κ1) is 11.6. The van der Waals surface area contributed by atoms with Crippen molar-refractivity contribution in [1.82, 2.24) is 15.2 Å². The van der Waals surface area contributed by atoms with Gasteiger partial charge >= 0.3 is 0 Å². The van der Waals surface area contributed by atoms with Crippen LogP contribution in [0.25, 0.3) is 10.9 Å². The molecule has 4 nitrogen and oxygen atoms in total. The van der Waals surface area contributed by atoms with Crippen LogP contribution in [0.2, 0.25) is 0 Å². The minimum absolute atomic E-state index is 0.471. The van der Waals surface area contributed by atoms with Crippen LogP contribution in [0.1, 0.15) is 5.56 Å². The van der Waals surface area contributed by atoms with Gasteiger partial charge in [0.25, 0.3) is 0 Å². The molecule has 0 bridgehead atoms. The van der Waals surface area contributed by atoms with Crippen LogP contribution in [0.4, 0.5) is 0 Å². The summed E-state index contributed by atoms with van der Waals surface area (Å²) in [5, 5.41) is 9.03. The number of hydrogen-bond donors (Lipinski definition) is 1. The van der Waals surface area contributed by atoms with Gasteiger partial charge in [0.1, 0.15) is 5.51 Å². The van der Waals surface area contributed by atoms with Crippen LogP contribution in [0.3, 0.4) is 0 Å². The highest BCUT2D eigenvalue weighted by Crippen LogP contribution is 2.35. The van der Waals surface area contributed by atoms with Gasteiger partial charge in [-0.25, -0.2) is 0 Å². The molecule has 0 amide bonds. The highest BCUT2D eigenvalue weighted by Gasteiger charge is 2.10. The Kier molecular flexibility index (Phi) is 3.22. The van der Waals surface area contributed by atoms with Crippen molar-refractivity contribution in [3.63, 3.8) is 0 Å². The van der Waals surface area contributed by atoms with Gasteiger partial charge in [0.15, 0.2) is 4.34 Å². The Bertz CT molecular complexity index is 667. The average Bonchev–Trinajstić information content (AvgIpc) is 2.92. The van der Waals surface area contributed by atoms with Crippen molar-refractivity contribution in [1.29, 1.82) is 0 Å². The predicted octanol–water partition coefficient (Wildman–Crippen LogP) is 2.70. The summed E-state index contributed by atoms with van der Waals surface area (Å²) in [6.45, 7) is 0.471. The number of nitrogens with zero attached hydrogens (tertiary/aromatic N) is 3. The molecule has 0 fully saturated rings. The van der Waals surface area contributed by atoms with Crippen molar-refractivity contribution in [3.8, 4) is 0 Å². The predicted molar refractivity (Wildman–Crippen MR) is 73.7 cm³/mol. The normalized spacial score (nSPS) is 10.9. The third-order valence-corrected chi connectivity index (χ3v) is 4.51. The summed E-state index contributed by atoms with van der Waals surface area (Å²) in [4.78, 5) is 5.54. The average molecular weight is 274 g/mol. The maximum atomic E-state index is 5.78. The van der Waals surface area contributed by atoms with Gasteiger partial charge < -0.3 is 5.73 Å². The van der Waals surface area contributed by atoms with E-state index in [9.17, 15) is 0 Å². The first-order chi connectivity index (χ1) is 8.88. The molecule has 6 heteroatoms. The first-order valence-corrected chi connectivity index (χ1v) is 7.09. The van der Waals surface area contributed by atoms with Gasteiger partial charge in [0, 0.05) is 23.0 Å². The molecule has 0 saturated carbocycles. The molecule has 2 N–H and O–H groups in total. The van der Waals surface area contributed by atoms with Crippen LogP contribution in [0.15, 0.2) is 45.2 Å². The van der Waals surface area contributed by atoms with E-state index in [2.05, 4.69) is 21.2 Å². The molecule has 0 radical (unpaired) electrons. The second kappa shape index (κ2) is 5.01. The van der Waals surface area contributed by atoms with Gasteiger partial charge in [0.05, 0.1) is 5.52 Å². The molecule has 0 aliphatic carbocycles. The Morgan fingerprint density at radius 1 is 1.28 bits per heavy atom. The summed E-state index contributed by atoms with van der Waals surface area (Å²) >= 11 is 3.12. The van der Waals surface area contributed by atoms with Crippen LogP contribution in [0.5, 0.6) is 0 Å². The maximum Gasteiger partial charge on any atom is 0.178 e. The summed E-state index contributed by atoms with van der Waals surface area (Å²) in [6, 6.07) is 8.05. The molecule has 0 unspecified atom stereocenters. The Hall–Kier alpha value is -1.50. The maximum absolute atomic E-state index is 5.78. The lowest BCUT2D eigenvalue weighted by Crippen LogP contribution is -2.00. The van der Waals surface area contributed by atoms with E-state index in [1.54, 1.807) is 17.3 Å². The topological polar surface area (TPSA) is 64.7 Å². The third kappa shape index (κ3) is 2.10. The number of hydrogen-bond acceptors (Lipinski definition) is 6. The highest BCUT2D eigenvalue weighted by atomic mass is 32.2. The Morgan fingerprint density at radius 2 is 2.17 bits per heavy atom. The monoisotopic (exact) mass is 274 g/mol. The van der Waals surface area contributed by atoms with E-state index in [0.29, 0.717) is 6.54 Å². The van der Waals surface area contributed by atoms with Crippen LogP contribution >= 0.6 is 23.1 Å². The summed E-state index contributed by atoms with van der Waals surface area (Å²) in [5.74, 6) is 0. The Balaban J connectivity index is 2.17. The number of fused-ring (bicyclic) bond motifs is 1. The van der Waals surface area contributed by atoms with Gasteiger partial charge in [-0.2, -0.15) is 0 Å². The van der Waals surface area contributed by atoms with Gasteiger partial charge in [-0.1, -0.05) is 41.3 Å². The second-order valence-electron chi connectivity index (χ2n) is 3.64. The molecule has 0 saturated heterocycles. The number of aromatic nitrogens is 3. The molecule has 0 spiro atoms. The largest absolute Gasteiger partial charge is 0.326 e. The number of para-hydroxylation sites is 1. The SMILES string of the molecule is NCc1cnc2ccccc2c1Sc1nncs1. The zero-order chi connectivity index (χ0) is 12.4. The van der Waals surface area contributed by atoms with Crippen LogP contribution in [0, 0.1) is 0 Å². The van der Waals surface area contributed by atoms with E-state index < -0.39 is 0 Å². The third-order valence-electron chi connectivity index (χ3n) is 2.55. The molecule has 3 rings (SSSR count). The lowest BCUT2D eigenvalue weighted by Gasteiger charge is -2.08. The molecular weight excluding hydrogens is 264 g/mol.